The van der Waals surface area contributed by atoms with Crippen molar-refractivity contribution in [2.24, 2.45) is 5.92 Å². The van der Waals surface area contributed by atoms with Crippen molar-refractivity contribution in [2.45, 2.75) is 52.0 Å². The van der Waals surface area contributed by atoms with Crippen LogP contribution in [0, 0.1) is 12.8 Å². The highest BCUT2D eigenvalue weighted by molar-refractivity contribution is 6.08. The average molecular weight is 548 g/mol. The van der Waals surface area contributed by atoms with E-state index in [9.17, 15) is 9.59 Å². The predicted molar refractivity (Wildman–Crippen MR) is 170 cm³/mol. The lowest BCUT2D eigenvalue weighted by molar-refractivity contribution is -0.123. The maximum absolute atomic E-state index is 14.5. The standard InChI is InChI=1S/C36H41N3O2/c1-24-16-17-25-11-7-8-14-30(25)32(24)35(41)39-22-10-15-31(33(39)26-18-20-29(21-19-26)38(5)6)34(40)37-28-13-9-12-27(23-28)36(2,3)4/h7-9,11-14,16-21,23,31,33H,10,15,22H2,1-6H3,(H,37,40)/t31?,33-/m0/s1. The van der Waals surface area contributed by atoms with E-state index in [4.69, 9.17) is 0 Å². The summed E-state index contributed by atoms with van der Waals surface area (Å²) in [5.74, 6) is -0.454. The molecule has 5 heteroatoms. The van der Waals surface area contributed by atoms with E-state index in [0.29, 0.717) is 13.0 Å². The number of benzene rings is 4. The first-order valence-electron chi connectivity index (χ1n) is 14.5. The molecule has 4 aromatic carbocycles. The maximum Gasteiger partial charge on any atom is 0.255 e. The van der Waals surface area contributed by atoms with Gasteiger partial charge in [0.25, 0.3) is 5.91 Å². The fourth-order valence-corrected chi connectivity index (χ4v) is 5.99. The Hall–Kier alpha value is -4.12. The number of piperidine rings is 1. The zero-order valence-corrected chi connectivity index (χ0v) is 25.1. The van der Waals surface area contributed by atoms with Gasteiger partial charge < -0.3 is 15.1 Å². The van der Waals surface area contributed by atoms with Crippen LogP contribution in [0.5, 0.6) is 0 Å². The minimum absolute atomic E-state index is 0.0202. The highest BCUT2D eigenvalue weighted by atomic mass is 16.2. The zero-order valence-electron chi connectivity index (χ0n) is 25.1. The summed E-state index contributed by atoms with van der Waals surface area (Å²) in [5, 5.41) is 5.20. The molecule has 5 rings (SSSR count). The summed E-state index contributed by atoms with van der Waals surface area (Å²) in [6, 6.07) is 28.1. The van der Waals surface area contributed by atoms with Gasteiger partial charge in [0, 0.05) is 32.0 Å². The largest absolute Gasteiger partial charge is 0.378 e. The lowest BCUT2D eigenvalue weighted by Crippen LogP contribution is -2.46. The van der Waals surface area contributed by atoms with E-state index < -0.39 is 0 Å². The Kier molecular flexibility index (Phi) is 7.90. The van der Waals surface area contributed by atoms with Crippen molar-refractivity contribution in [3.8, 4) is 0 Å². The number of amides is 2. The number of hydrogen-bond acceptors (Lipinski definition) is 3. The number of rotatable bonds is 5. The summed E-state index contributed by atoms with van der Waals surface area (Å²) < 4.78 is 0. The highest BCUT2D eigenvalue weighted by Crippen LogP contribution is 2.39. The molecule has 5 nitrogen and oxygen atoms in total. The second-order valence-electron chi connectivity index (χ2n) is 12.5. The SMILES string of the molecule is Cc1ccc2ccccc2c1C(=O)N1CCCC(C(=O)Nc2cccc(C(C)(C)C)c2)[C@@H]1c1ccc(N(C)C)cc1. The second kappa shape index (κ2) is 11.4. The molecule has 0 aliphatic carbocycles. The van der Waals surface area contributed by atoms with Crippen molar-refractivity contribution in [1.29, 1.82) is 0 Å². The minimum Gasteiger partial charge on any atom is -0.378 e. The molecule has 0 bridgehead atoms. The van der Waals surface area contributed by atoms with Crippen LogP contribution in [-0.4, -0.2) is 37.4 Å². The van der Waals surface area contributed by atoms with Gasteiger partial charge in [-0.05, 0) is 76.9 Å². The first-order valence-corrected chi connectivity index (χ1v) is 14.5. The molecule has 2 amide bonds. The first-order chi connectivity index (χ1) is 19.5. The van der Waals surface area contributed by atoms with Crippen molar-refractivity contribution in [2.75, 3.05) is 30.9 Å². The number of carbonyl (C=O) groups excluding carboxylic acids is 2. The predicted octanol–water partition coefficient (Wildman–Crippen LogP) is 7.74. The van der Waals surface area contributed by atoms with Gasteiger partial charge in [0.05, 0.1) is 17.5 Å². The molecular formula is C36H41N3O2. The van der Waals surface area contributed by atoms with E-state index in [1.165, 1.54) is 0 Å². The van der Waals surface area contributed by atoms with Gasteiger partial charge in [0.1, 0.15) is 0 Å². The van der Waals surface area contributed by atoms with Crippen LogP contribution in [0.3, 0.4) is 0 Å². The number of fused-ring (bicyclic) bond motifs is 1. The molecule has 1 saturated heterocycles. The molecule has 2 atom stereocenters. The van der Waals surface area contributed by atoms with Crippen LogP contribution < -0.4 is 10.2 Å². The Morgan fingerprint density at radius 1 is 0.902 bits per heavy atom. The van der Waals surface area contributed by atoms with Crippen LogP contribution >= 0.6 is 0 Å². The lowest BCUT2D eigenvalue weighted by Gasteiger charge is -2.41. The van der Waals surface area contributed by atoms with Crippen LogP contribution in [-0.2, 0) is 10.2 Å². The molecule has 0 aromatic heterocycles. The molecule has 1 aliphatic heterocycles. The van der Waals surface area contributed by atoms with Gasteiger partial charge >= 0.3 is 0 Å². The summed E-state index contributed by atoms with van der Waals surface area (Å²) in [5.41, 5.74) is 5.65. The molecule has 0 saturated carbocycles. The minimum atomic E-state index is -0.383. The Morgan fingerprint density at radius 2 is 1.63 bits per heavy atom. The van der Waals surface area contributed by atoms with Crippen molar-refractivity contribution in [3.05, 3.63) is 107 Å². The maximum atomic E-state index is 14.5. The van der Waals surface area contributed by atoms with Crippen LogP contribution in [0.1, 0.15) is 66.7 Å². The van der Waals surface area contributed by atoms with Crippen LogP contribution in [0.25, 0.3) is 10.8 Å². The summed E-state index contributed by atoms with van der Waals surface area (Å²) in [4.78, 5) is 32.5. The number of nitrogens with one attached hydrogen (secondary N) is 1. The van der Waals surface area contributed by atoms with Crippen LogP contribution in [0.4, 0.5) is 11.4 Å². The number of anilines is 2. The summed E-state index contributed by atoms with van der Waals surface area (Å²) in [6.45, 7) is 9.10. The van der Waals surface area contributed by atoms with E-state index in [2.05, 4.69) is 73.5 Å². The third-order valence-electron chi connectivity index (χ3n) is 8.33. The summed E-state index contributed by atoms with van der Waals surface area (Å²) in [7, 11) is 4.02. The molecule has 1 heterocycles. The van der Waals surface area contributed by atoms with Gasteiger partial charge in [-0.1, -0.05) is 81.4 Å². The molecule has 4 aromatic rings. The van der Waals surface area contributed by atoms with Gasteiger partial charge in [-0.15, -0.1) is 0 Å². The quantitative estimate of drug-likeness (QED) is 0.278. The van der Waals surface area contributed by atoms with Gasteiger partial charge in [0.15, 0.2) is 0 Å². The topological polar surface area (TPSA) is 52.7 Å². The molecule has 1 unspecified atom stereocenters. The van der Waals surface area contributed by atoms with E-state index >= 15 is 0 Å². The lowest BCUT2D eigenvalue weighted by atomic mass is 9.82. The normalized spacial score (nSPS) is 17.4. The molecule has 0 spiro atoms. The molecule has 1 fully saturated rings. The number of likely N-dealkylation sites (tertiary alicyclic amines) is 1. The number of nitrogens with zero attached hydrogens (tertiary/aromatic N) is 2. The van der Waals surface area contributed by atoms with Crippen molar-refractivity contribution in [3.63, 3.8) is 0 Å². The molecular weight excluding hydrogens is 506 g/mol. The zero-order chi connectivity index (χ0) is 29.3. The van der Waals surface area contributed by atoms with Gasteiger partial charge in [-0.3, -0.25) is 9.59 Å². The van der Waals surface area contributed by atoms with E-state index in [0.717, 1.165) is 50.8 Å². The monoisotopic (exact) mass is 547 g/mol. The van der Waals surface area contributed by atoms with E-state index in [1.54, 1.807) is 0 Å². The summed E-state index contributed by atoms with van der Waals surface area (Å²) in [6.07, 6.45) is 1.48. The average Bonchev–Trinajstić information content (AvgIpc) is 2.96. The first kappa shape index (κ1) is 28.4. The summed E-state index contributed by atoms with van der Waals surface area (Å²) >= 11 is 0. The Bertz CT molecular complexity index is 1570. The van der Waals surface area contributed by atoms with E-state index in [1.807, 2.05) is 68.4 Å². The number of carbonyl (C=O) groups is 2. The van der Waals surface area contributed by atoms with E-state index in [-0.39, 0.29) is 29.2 Å². The Balaban J connectivity index is 1.55. The molecule has 41 heavy (non-hydrogen) atoms. The third kappa shape index (κ3) is 5.85. The van der Waals surface area contributed by atoms with Crippen LogP contribution in [0.2, 0.25) is 0 Å². The molecule has 0 radical (unpaired) electrons. The van der Waals surface area contributed by atoms with Gasteiger partial charge in [0.2, 0.25) is 5.91 Å². The Labute approximate surface area is 244 Å². The second-order valence-corrected chi connectivity index (χ2v) is 12.5. The molecule has 212 valence electrons. The van der Waals surface area contributed by atoms with Crippen molar-refractivity contribution < 1.29 is 9.59 Å². The van der Waals surface area contributed by atoms with Crippen LogP contribution in [0.15, 0.2) is 84.9 Å². The molecule has 1 aliphatic rings. The van der Waals surface area contributed by atoms with Gasteiger partial charge in [-0.25, -0.2) is 0 Å². The molecule has 1 N–H and O–H groups in total. The number of hydrogen-bond donors (Lipinski definition) is 1. The van der Waals surface area contributed by atoms with Crippen molar-refractivity contribution >= 4 is 34.0 Å². The third-order valence-corrected chi connectivity index (χ3v) is 8.33. The Morgan fingerprint density at radius 3 is 2.34 bits per heavy atom. The van der Waals surface area contributed by atoms with Crippen molar-refractivity contribution in [1.82, 2.24) is 4.90 Å². The fourth-order valence-electron chi connectivity index (χ4n) is 5.99. The fraction of sp³-hybridized carbons (Fsp3) is 0.333. The highest BCUT2D eigenvalue weighted by Gasteiger charge is 2.40. The smallest absolute Gasteiger partial charge is 0.255 e. The van der Waals surface area contributed by atoms with Gasteiger partial charge in [-0.2, -0.15) is 0 Å². The number of aryl methyl sites for hydroxylation is 1.